The Bertz CT molecular complexity index is 1130. The molecule has 4 aromatic rings. The Labute approximate surface area is 163 Å². The maximum atomic E-state index is 12.6. The highest BCUT2D eigenvalue weighted by Crippen LogP contribution is 2.29. The van der Waals surface area contributed by atoms with E-state index in [4.69, 9.17) is 0 Å². The first-order valence-corrected chi connectivity index (χ1v) is 8.78. The summed E-state index contributed by atoms with van der Waals surface area (Å²) in [5.74, 6) is -1.48. The van der Waals surface area contributed by atoms with Crippen LogP contribution in [-0.2, 0) is 19.3 Å². The van der Waals surface area contributed by atoms with E-state index in [0.717, 1.165) is 29.1 Å². The second-order valence-corrected chi connectivity index (χ2v) is 6.38. The molecule has 0 saturated carbocycles. The van der Waals surface area contributed by atoms with Gasteiger partial charge in [-0.3, -0.25) is 4.68 Å². The quantitative estimate of drug-likeness (QED) is 0.506. The molecule has 8 nitrogen and oxygen atoms in total. The van der Waals surface area contributed by atoms with Gasteiger partial charge in [-0.2, -0.15) is 23.3 Å². The molecule has 0 amide bonds. The first-order valence-electron chi connectivity index (χ1n) is 8.78. The van der Waals surface area contributed by atoms with Crippen LogP contribution in [0.25, 0.3) is 22.6 Å². The Hall–Kier alpha value is -3.50. The molecular formula is C18H16F3N7O. The average Bonchev–Trinajstić information content (AvgIpc) is 3.41. The molecule has 0 spiro atoms. The highest BCUT2D eigenvalue weighted by Gasteiger charge is 2.38. The Morgan fingerprint density at radius 2 is 1.90 bits per heavy atom. The largest absolute Gasteiger partial charge is 0.471 e. The van der Waals surface area contributed by atoms with Gasteiger partial charge in [-0.25, -0.2) is 4.68 Å². The summed E-state index contributed by atoms with van der Waals surface area (Å²) in [5, 5.41) is 16.0. The number of nitrogens with zero attached hydrogens (tertiary/aromatic N) is 7. The van der Waals surface area contributed by atoms with Gasteiger partial charge in [0.2, 0.25) is 5.82 Å². The van der Waals surface area contributed by atoms with Crippen LogP contribution in [0.5, 0.6) is 0 Å². The molecule has 0 bridgehead atoms. The summed E-state index contributed by atoms with van der Waals surface area (Å²) < 4.78 is 45.6. The third-order valence-electron chi connectivity index (χ3n) is 4.44. The van der Waals surface area contributed by atoms with E-state index in [9.17, 15) is 13.2 Å². The predicted octanol–water partition coefficient (Wildman–Crippen LogP) is 3.59. The lowest BCUT2D eigenvalue weighted by atomic mass is 10.1. The number of aryl methyl sites for hydroxylation is 1. The van der Waals surface area contributed by atoms with Gasteiger partial charge in [0.1, 0.15) is 5.69 Å². The summed E-state index contributed by atoms with van der Waals surface area (Å²) in [7, 11) is 0. The molecule has 0 aliphatic heterocycles. The fraction of sp³-hybridized carbons (Fsp3) is 0.278. The van der Waals surface area contributed by atoms with Crippen LogP contribution in [0.2, 0.25) is 0 Å². The van der Waals surface area contributed by atoms with Crippen molar-refractivity contribution >= 4 is 0 Å². The van der Waals surface area contributed by atoms with Gasteiger partial charge in [-0.05, 0) is 19.4 Å². The molecule has 1 aromatic carbocycles. The minimum Gasteiger partial charge on any atom is -0.329 e. The van der Waals surface area contributed by atoms with Gasteiger partial charge in [0.15, 0.2) is 0 Å². The molecule has 29 heavy (non-hydrogen) atoms. The van der Waals surface area contributed by atoms with Crippen molar-refractivity contribution < 1.29 is 17.7 Å². The molecule has 0 unspecified atom stereocenters. The van der Waals surface area contributed by atoms with Crippen molar-refractivity contribution in [2.45, 2.75) is 33.1 Å². The maximum absolute atomic E-state index is 12.6. The van der Waals surface area contributed by atoms with Crippen LogP contribution in [0.4, 0.5) is 13.2 Å². The average molecular weight is 403 g/mol. The van der Waals surface area contributed by atoms with Crippen molar-refractivity contribution in [3.63, 3.8) is 0 Å². The molecule has 0 fully saturated rings. The van der Waals surface area contributed by atoms with Crippen molar-refractivity contribution in [3.8, 4) is 22.6 Å². The van der Waals surface area contributed by atoms with Crippen molar-refractivity contribution in [1.29, 1.82) is 0 Å². The molecule has 0 atom stereocenters. The highest BCUT2D eigenvalue weighted by molar-refractivity contribution is 5.59. The molecule has 150 valence electrons. The molecule has 0 aliphatic carbocycles. The van der Waals surface area contributed by atoms with Crippen LogP contribution in [0.3, 0.4) is 0 Å². The van der Waals surface area contributed by atoms with Crippen LogP contribution in [0, 0.1) is 6.92 Å². The zero-order valence-electron chi connectivity index (χ0n) is 15.6. The first-order chi connectivity index (χ1) is 13.8. The zero-order chi connectivity index (χ0) is 20.6. The smallest absolute Gasteiger partial charge is 0.329 e. The monoisotopic (exact) mass is 403 g/mol. The summed E-state index contributed by atoms with van der Waals surface area (Å²) in [5.41, 5.74) is 3.99. The topological polar surface area (TPSA) is 87.5 Å². The fourth-order valence-electron chi connectivity index (χ4n) is 2.92. The summed E-state index contributed by atoms with van der Waals surface area (Å²) in [4.78, 5) is 3.38. The number of alkyl halides is 3. The van der Waals surface area contributed by atoms with E-state index in [2.05, 4.69) is 30.1 Å². The Balaban J connectivity index is 1.49. The van der Waals surface area contributed by atoms with Crippen LogP contribution in [0.1, 0.15) is 24.1 Å². The van der Waals surface area contributed by atoms with Crippen molar-refractivity contribution in [2.24, 2.45) is 0 Å². The predicted molar refractivity (Wildman–Crippen MR) is 95.5 cm³/mol. The van der Waals surface area contributed by atoms with Gasteiger partial charge in [-0.15, -0.1) is 5.10 Å². The molecule has 0 aliphatic rings. The number of hydrogen-bond donors (Lipinski definition) is 0. The number of benzene rings is 1. The van der Waals surface area contributed by atoms with E-state index in [1.807, 2.05) is 24.7 Å². The Kier molecular flexibility index (Phi) is 4.65. The van der Waals surface area contributed by atoms with E-state index in [0.29, 0.717) is 12.1 Å². The third kappa shape index (κ3) is 3.75. The second-order valence-electron chi connectivity index (χ2n) is 6.38. The van der Waals surface area contributed by atoms with Crippen molar-refractivity contribution in [2.75, 3.05) is 0 Å². The van der Waals surface area contributed by atoms with Crippen molar-refractivity contribution in [3.05, 3.63) is 53.8 Å². The molecule has 0 saturated heterocycles. The van der Waals surface area contributed by atoms with Crippen LogP contribution in [0.15, 0.2) is 41.2 Å². The van der Waals surface area contributed by atoms with Gasteiger partial charge in [0, 0.05) is 23.4 Å². The molecule has 0 radical (unpaired) electrons. The summed E-state index contributed by atoms with van der Waals surface area (Å²) in [6.45, 7) is 5.22. The molecule has 3 aromatic heterocycles. The van der Waals surface area contributed by atoms with Gasteiger partial charge in [0.05, 0.1) is 18.9 Å². The molecular weight excluding hydrogens is 387 g/mol. The Morgan fingerprint density at radius 1 is 1.14 bits per heavy atom. The van der Waals surface area contributed by atoms with E-state index in [1.165, 1.54) is 0 Å². The number of aromatic nitrogens is 7. The lowest BCUT2D eigenvalue weighted by molar-refractivity contribution is -0.159. The van der Waals surface area contributed by atoms with Gasteiger partial charge in [-0.1, -0.05) is 34.6 Å². The van der Waals surface area contributed by atoms with E-state index >= 15 is 0 Å². The molecule has 4 rings (SSSR count). The minimum absolute atomic E-state index is 0.115. The number of halogens is 3. The van der Waals surface area contributed by atoms with Crippen LogP contribution >= 0.6 is 0 Å². The number of rotatable bonds is 5. The fourth-order valence-corrected chi connectivity index (χ4v) is 2.92. The molecule has 3 heterocycles. The normalized spacial score (nSPS) is 11.9. The van der Waals surface area contributed by atoms with E-state index in [-0.39, 0.29) is 5.82 Å². The molecule has 11 heteroatoms. The van der Waals surface area contributed by atoms with Gasteiger partial charge in [0.25, 0.3) is 0 Å². The van der Waals surface area contributed by atoms with E-state index < -0.39 is 12.1 Å². The number of hydrogen-bond acceptors (Lipinski definition) is 6. The van der Waals surface area contributed by atoms with Crippen LogP contribution < -0.4 is 0 Å². The van der Waals surface area contributed by atoms with E-state index in [1.54, 1.807) is 35.1 Å². The highest BCUT2D eigenvalue weighted by atomic mass is 19.4. The Morgan fingerprint density at radius 3 is 2.52 bits per heavy atom. The van der Waals surface area contributed by atoms with Crippen LogP contribution in [-0.4, -0.2) is 34.9 Å². The third-order valence-corrected chi connectivity index (χ3v) is 4.44. The lowest BCUT2D eigenvalue weighted by Crippen LogP contribution is -2.04. The summed E-state index contributed by atoms with van der Waals surface area (Å²) in [6, 6.07) is 6.79. The summed E-state index contributed by atoms with van der Waals surface area (Å²) >= 11 is 0. The standard InChI is InChI=1S/C18H16F3N7O/c1-3-28-11(2)14(8-22-28)15-10-27(26-24-15)9-12-4-6-13(7-5-12)16-23-17(29-25-16)18(19,20)21/h4-8,10H,3,9H2,1-2H3. The lowest BCUT2D eigenvalue weighted by Gasteiger charge is -2.02. The minimum atomic E-state index is -4.66. The second kappa shape index (κ2) is 7.15. The zero-order valence-corrected chi connectivity index (χ0v) is 15.6. The van der Waals surface area contributed by atoms with Gasteiger partial charge >= 0.3 is 12.1 Å². The maximum Gasteiger partial charge on any atom is 0.471 e. The van der Waals surface area contributed by atoms with Gasteiger partial charge < -0.3 is 4.52 Å². The SMILES string of the molecule is CCn1ncc(-c2cn(Cc3ccc(-c4noc(C(F)(F)F)n4)cc3)nn2)c1C. The summed E-state index contributed by atoms with van der Waals surface area (Å²) in [6.07, 6.45) is -1.07. The first kappa shape index (κ1) is 18.8. The molecule has 0 N–H and O–H groups in total. The van der Waals surface area contributed by atoms with Crippen molar-refractivity contribution in [1.82, 2.24) is 34.9 Å².